The fraction of sp³-hybridized carbons (Fsp3) is 0.611. The van der Waals surface area contributed by atoms with Crippen LogP contribution in [0.5, 0.6) is 0 Å². The van der Waals surface area contributed by atoms with E-state index in [0.29, 0.717) is 6.54 Å². The molecule has 0 aliphatic heterocycles. The van der Waals surface area contributed by atoms with Gasteiger partial charge in [0.1, 0.15) is 0 Å². The smallest absolute Gasteiger partial charge is 0.221 e. The maximum Gasteiger partial charge on any atom is 0.221 e. The van der Waals surface area contributed by atoms with Gasteiger partial charge >= 0.3 is 0 Å². The fourth-order valence-corrected chi connectivity index (χ4v) is 3.91. The summed E-state index contributed by atoms with van der Waals surface area (Å²) in [6.45, 7) is 0.517. The molecule has 2 rings (SSSR count). The summed E-state index contributed by atoms with van der Waals surface area (Å²) in [6.07, 6.45) is 8.27. The van der Waals surface area contributed by atoms with Crippen molar-refractivity contribution in [1.29, 1.82) is 0 Å². The van der Waals surface area contributed by atoms with Gasteiger partial charge in [0.05, 0.1) is 6.26 Å². The number of nitrogens with zero attached hydrogens (tertiary/aromatic N) is 1. The van der Waals surface area contributed by atoms with E-state index >= 15 is 0 Å². The Hall–Kier alpha value is -1.40. The second-order valence-electron chi connectivity index (χ2n) is 6.59. The van der Waals surface area contributed by atoms with Crippen LogP contribution in [0.2, 0.25) is 0 Å². The van der Waals surface area contributed by atoms with Gasteiger partial charge in [-0.3, -0.25) is 4.79 Å². The first-order valence-electron chi connectivity index (χ1n) is 8.73. The van der Waals surface area contributed by atoms with Crippen molar-refractivity contribution >= 4 is 15.9 Å². The number of sulfonamides is 1. The predicted molar refractivity (Wildman–Crippen MR) is 95.9 cm³/mol. The number of carbonyl (C=O) groups excluding carboxylic acids is 1. The highest BCUT2D eigenvalue weighted by molar-refractivity contribution is 7.88. The summed E-state index contributed by atoms with van der Waals surface area (Å²) in [4.78, 5) is 12.2. The number of carbonyl (C=O) groups is 1. The Labute approximate surface area is 145 Å². The van der Waals surface area contributed by atoms with E-state index in [4.69, 9.17) is 0 Å². The SMILES string of the molecule is CS(=O)(=O)N(CCC(=O)NC1CCCCCC1)Cc1ccccc1. The molecule has 1 N–H and O–H groups in total. The molecule has 1 amide bonds. The van der Waals surface area contributed by atoms with Crippen LogP contribution in [-0.2, 0) is 21.4 Å². The highest BCUT2D eigenvalue weighted by atomic mass is 32.2. The van der Waals surface area contributed by atoms with Gasteiger partial charge in [-0.2, -0.15) is 4.31 Å². The van der Waals surface area contributed by atoms with Crippen molar-refractivity contribution in [2.24, 2.45) is 0 Å². The summed E-state index contributed by atoms with van der Waals surface area (Å²) in [7, 11) is -3.34. The number of nitrogens with one attached hydrogen (secondary N) is 1. The fourth-order valence-electron chi connectivity index (χ4n) is 3.10. The van der Waals surface area contributed by atoms with Crippen molar-refractivity contribution in [2.45, 2.75) is 57.5 Å². The first-order chi connectivity index (χ1) is 11.4. The van der Waals surface area contributed by atoms with Gasteiger partial charge in [-0.1, -0.05) is 56.0 Å². The molecule has 0 bridgehead atoms. The zero-order valence-corrected chi connectivity index (χ0v) is 15.2. The van der Waals surface area contributed by atoms with Crippen LogP contribution in [0.3, 0.4) is 0 Å². The molecule has 24 heavy (non-hydrogen) atoms. The lowest BCUT2D eigenvalue weighted by molar-refractivity contribution is -0.122. The van der Waals surface area contributed by atoms with Gasteiger partial charge in [0, 0.05) is 25.6 Å². The zero-order valence-electron chi connectivity index (χ0n) is 14.4. The third kappa shape index (κ3) is 6.61. The molecule has 0 unspecified atom stereocenters. The van der Waals surface area contributed by atoms with Crippen LogP contribution in [0, 0.1) is 0 Å². The van der Waals surface area contributed by atoms with Gasteiger partial charge in [-0.25, -0.2) is 8.42 Å². The Balaban J connectivity index is 1.86. The van der Waals surface area contributed by atoms with E-state index in [1.165, 1.54) is 23.4 Å². The van der Waals surface area contributed by atoms with Crippen LogP contribution in [0.1, 0.15) is 50.5 Å². The molecule has 134 valence electrons. The normalized spacial score (nSPS) is 16.8. The lowest BCUT2D eigenvalue weighted by atomic mass is 10.1. The molecule has 0 radical (unpaired) electrons. The molecule has 1 fully saturated rings. The first kappa shape index (κ1) is 18.9. The second-order valence-corrected chi connectivity index (χ2v) is 8.57. The number of rotatable bonds is 7. The van der Waals surface area contributed by atoms with E-state index in [-0.39, 0.29) is 24.9 Å². The first-order valence-corrected chi connectivity index (χ1v) is 10.6. The molecule has 0 aromatic heterocycles. The summed E-state index contributed by atoms with van der Waals surface area (Å²) < 4.78 is 25.3. The van der Waals surface area contributed by atoms with Crippen molar-refractivity contribution in [1.82, 2.24) is 9.62 Å². The molecule has 5 nitrogen and oxygen atoms in total. The summed E-state index contributed by atoms with van der Waals surface area (Å²) in [5.74, 6) is -0.0522. The van der Waals surface area contributed by atoms with Crippen molar-refractivity contribution in [3.8, 4) is 0 Å². The second kappa shape index (κ2) is 9.18. The van der Waals surface area contributed by atoms with Crippen molar-refractivity contribution < 1.29 is 13.2 Å². The molecular weight excluding hydrogens is 324 g/mol. The van der Waals surface area contributed by atoms with Gasteiger partial charge in [-0.15, -0.1) is 0 Å². The Bertz CT molecular complexity index is 608. The lowest BCUT2D eigenvalue weighted by Gasteiger charge is -2.21. The van der Waals surface area contributed by atoms with Gasteiger partial charge in [0.2, 0.25) is 15.9 Å². The Morgan fingerprint density at radius 3 is 2.33 bits per heavy atom. The quantitative estimate of drug-likeness (QED) is 0.767. The van der Waals surface area contributed by atoms with Gasteiger partial charge in [0.15, 0.2) is 0 Å². The third-order valence-corrected chi connectivity index (χ3v) is 5.73. The van der Waals surface area contributed by atoms with E-state index in [2.05, 4.69) is 5.32 Å². The average Bonchev–Trinajstić information content (AvgIpc) is 2.80. The Kier molecular flexibility index (Phi) is 7.24. The average molecular weight is 353 g/mol. The van der Waals surface area contributed by atoms with E-state index in [1.807, 2.05) is 30.3 Å². The van der Waals surface area contributed by atoms with Crippen LogP contribution in [-0.4, -0.2) is 37.5 Å². The zero-order chi connectivity index (χ0) is 17.4. The van der Waals surface area contributed by atoms with Crippen LogP contribution in [0.25, 0.3) is 0 Å². The highest BCUT2D eigenvalue weighted by Gasteiger charge is 2.20. The summed E-state index contributed by atoms with van der Waals surface area (Å²) in [6, 6.07) is 9.70. The standard InChI is InChI=1S/C18H28N2O3S/c1-24(22,23)20(15-16-9-5-4-6-10-16)14-13-18(21)19-17-11-7-2-3-8-12-17/h4-6,9-10,17H,2-3,7-8,11-15H2,1H3,(H,19,21). The van der Waals surface area contributed by atoms with Crippen LogP contribution in [0.4, 0.5) is 0 Å². The summed E-state index contributed by atoms with van der Waals surface area (Å²) in [5, 5.41) is 3.07. The van der Waals surface area contributed by atoms with E-state index in [9.17, 15) is 13.2 Å². The summed E-state index contributed by atoms with van der Waals surface area (Å²) >= 11 is 0. The largest absolute Gasteiger partial charge is 0.353 e. The maximum atomic E-state index is 12.2. The van der Waals surface area contributed by atoms with Gasteiger partial charge < -0.3 is 5.32 Å². The molecule has 0 atom stereocenters. The number of hydrogen-bond donors (Lipinski definition) is 1. The Morgan fingerprint density at radius 2 is 1.75 bits per heavy atom. The van der Waals surface area contributed by atoms with Crippen molar-refractivity contribution in [3.63, 3.8) is 0 Å². The molecule has 0 heterocycles. The van der Waals surface area contributed by atoms with E-state index < -0.39 is 10.0 Å². The minimum atomic E-state index is -3.34. The molecule has 1 aliphatic rings. The summed E-state index contributed by atoms with van der Waals surface area (Å²) in [5.41, 5.74) is 0.923. The predicted octanol–water partition coefficient (Wildman–Crippen LogP) is 2.68. The van der Waals surface area contributed by atoms with Crippen molar-refractivity contribution in [3.05, 3.63) is 35.9 Å². The topological polar surface area (TPSA) is 66.5 Å². The maximum absolute atomic E-state index is 12.2. The van der Waals surface area contributed by atoms with Crippen molar-refractivity contribution in [2.75, 3.05) is 12.8 Å². The molecule has 0 saturated heterocycles. The Morgan fingerprint density at radius 1 is 1.12 bits per heavy atom. The van der Waals surface area contributed by atoms with Crippen LogP contribution in [0.15, 0.2) is 30.3 Å². The molecule has 1 saturated carbocycles. The number of amides is 1. The number of benzene rings is 1. The van der Waals surface area contributed by atoms with Crippen LogP contribution >= 0.6 is 0 Å². The minimum absolute atomic E-state index is 0.0522. The van der Waals surface area contributed by atoms with E-state index in [1.54, 1.807) is 0 Å². The molecule has 1 aromatic carbocycles. The lowest BCUT2D eigenvalue weighted by Crippen LogP contribution is -2.38. The van der Waals surface area contributed by atoms with Gasteiger partial charge in [-0.05, 0) is 18.4 Å². The minimum Gasteiger partial charge on any atom is -0.353 e. The molecule has 1 aliphatic carbocycles. The monoisotopic (exact) mass is 352 g/mol. The highest BCUT2D eigenvalue weighted by Crippen LogP contribution is 2.17. The number of hydrogen-bond acceptors (Lipinski definition) is 3. The molecule has 0 spiro atoms. The van der Waals surface area contributed by atoms with E-state index in [0.717, 1.165) is 31.2 Å². The third-order valence-electron chi connectivity index (χ3n) is 4.48. The molecule has 6 heteroatoms. The molecular formula is C18H28N2O3S. The molecule has 1 aromatic rings. The van der Waals surface area contributed by atoms with Crippen LogP contribution < -0.4 is 5.32 Å². The van der Waals surface area contributed by atoms with Gasteiger partial charge in [0.25, 0.3) is 0 Å².